The molecule has 0 aromatic carbocycles. The minimum absolute atomic E-state index is 0.435. The molecule has 0 saturated carbocycles. The fraction of sp³-hybridized carbons (Fsp3) is 1.00. The van der Waals surface area contributed by atoms with E-state index in [1.165, 1.54) is 38.8 Å². The van der Waals surface area contributed by atoms with Gasteiger partial charge in [-0.1, -0.05) is 27.7 Å². The van der Waals surface area contributed by atoms with Crippen molar-refractivity contribution in [3.05, 3.63) is 0 Å². The maximum absolute atomic E-state index is 3.61. The topological polar surface area (TPSA) is 15.3 Å². The second-order valence-corrected chi connectivity index (χ2v) is 6.79. The summed E-state index contributed by atoms with van der Waals surface area (Å²) in [6.45, 7) is 16.7. The third kappa shape index (κ3) is 4.89. The molecule has 1 heterocycles. The summed E-state index contributed by atoms with van der Waals surface area (Å²) < 4.78 is 0. The van der Waals surface area contributed by atoms with E-state index in [4.69, 9.17) is 0 Å². The highest BCUT2D eigenvalue weighted by Gasteiger charge is 2.30. The van der Waals surface area contributed by atoms with E-state index in [0.717, 1.165) is 25.0 Å². The zero-order valence-electron chi connectivity index (χ0n) is 13.3. The third-order valence-corrected chi connectivity index (χ3v) is 4.69. The summed E-state index contributed by atoms with van der Waals surface area (Å²) in [7, 11) is 0. The monoisotopic (exact) mass is 254 g/mol. The maximum Gasteiger partial charge on any atom is 0.00697 e. The average Bonchev–Trinajstić information content (AvgIpc) is 2.33. The molecule has 0 aromatic heterocycles. The molecule has 0 aromatic rings. The molecule has 0 bridgehead atoms. The van der Waals surface area contributed by atoms with Gasteiger partial charge in [-0.05, 0) is 57.0 Å². The predicted molar refractivity (Wildman–Crippen MR) is 81.0 cm³/mol. The SMILES string of the molecule is CCCNCC(C)(CC)CN1CCC(C)CC1C. The molecule has 2 heteroatoms. The van der Waals surface area contributed by atoms with Gasteiger partial charge < -0.3 is 10.2 Å². The van der Waals surface area contributed by atoms with Gasteiger partial charge in [0.05, 0.1) is 0 Å². The van der Waals surface area contributed by atoms with Crippen molar-refractivity contribution in [3.8, 4) is 0 Å². The second-order valence-electron chi connectivity index (χ2n) is 6.79. The lowest BCUT2D eigenvalue weighted by molar-refractivity contribution is 0.0749. The minimum atomic E-state index is 0.435. The number of hydrogen-bond donors (Lipinski definition) is 1. The number of hydrogen-bond acceptors (Lipinski definition) is 2. The normalized spacial score (nSPS) is 29.2. The van der Waals surface area contributed by atoms with Crippen LogP contribution >= 0.6 is 0 Å². The van der Waals surface area contributed by atoms with E-state index in [1.807, 2.05) is 0 Å². The summed E-state index contributed by atoms with van der Waals surface area (Å²) in [6.07, 6.45) is 5.26. The molecule has 3 atom stereocenters. The standard InChI is InChI=1S/C16H34N2/c1-6-9-17-12-16(5,7-2)13-18-10-8-14(3)11-15(18)4/h14-15,17H,6-13H2,1-5H3. The minimum Gasteiger partial charge on any atom is -0.316 e. The largest absolute Gasteiger partial charge is 0.316 e. The van der Waals surface area contributed by atoms with Crippen molar-refractivity contribution in [1.82, 2.24) is 10.2 Å². The van der Waals surface area contributed by atoms with Gasteiger partial charge in [0.1, 0.15) is 0 Å². The molecule has 1 N–H and O–H groups in total. The highest BCUT2D eigenvalue weighted by molar-refractivity contribution is 4.85. The Morgan fingerprint density at radius 1 is 1.28 bits per heavy atom. The first-order valence-electron chi connectivity index (χ1n) is 7.95. The Labute approximate surface area is 115 Å². The predicted octanol–water partition coefficient (Wildman–Crippen LogP) is 3.52. The van der Waals surface area contributed by atoms with Crippen LogP contribution in [0.5, 0.6) is 0 Å². The van der Waals surface area contributed by atoms with Gasteiger partial charge >= 0.3 is 0 Å². The van der Waals surface area contributed by atoms with Crippen LogP contribution in [0.25, 0.3) is 0 Å². The van der Waals surface area contributed by atoms with E-state index in [0.29, 0.717) is 5.41 Å². The van der Waals surface area contributed by atoms with Crippen molar-refractivity contribution in [2.45, 2.75) is 66.3 Å². The summed E-state index contributed by atoms with van der Waals surface area (Å²) in [5.74, 6) is 0.919. The molecule has 1 rings (SSSR count). The lowest BCUT2D eigenvalue weighted by atomic mass is 9.84. The fourth-order valence-electron chi connectivity index (χ4n) is 3.04. The molecule has 1 saturated heterocycles. The zero-order chi connectivity index (χ0) is 13.6. The van der Waals surface area contributed by atoms with Crippen LogP contribution in [0.1, 0.15) is 60.3 Å². The van der Waals surface area contributed by atoms with Gasteiger partial charge in [0, 0.05) is 19.1 Å². The summed E-state index contributed by atoms with van der Waals surface area (Å²) in [6, 6.07) is 0.769. The Morgan fingerprint density at radius 3 is 2.56 bits per heavy atom. The highest BCUT2D eigenvalue weighted by Crippen LogP contribution is 2.28. The molecular formula is C16H34N2. The van der Waals surface area contributed by atoms with Crippen molar-refractivity contribution in [2.75, 3.05) is 26.2 Å². The lowest BCUT2D eigenvalue weighted by Gasteiger charge is -2.42. The van der Waals surface area contributed by atoms with E-state index in [1.54, 1.807) is 0 Å². The first-order valence-corrected chi connectivity index (χ1v) is 7.95. The number of nitrogens with one attached hydrogen (secondary N) is 1. The van der Waals surface area contributed by atoms with Crippen LogP contribution in [-0.4, -0.2) is 37.1 Å². The zero-order valence-corrected chi connectivity index (χ0v) is 13.3. The number of rotatable bonds is 7. The highest BCUT2D eigenvalue weighted by atomic mass is 15.2. The quantitative estimate of drug-likeness (QED) is 0.699. The van der Waals surface area contributed by atoms with Gasteiger partial charge in [-0.2, -0.15) is 0 Å². The van der Waals surface area contributed by atoms with Crippen LogP contribution in [0.3, 0.4) is 0 Å². The van der Waals surface area contributed by atoms with E-state index in [9.17, 15) is 0 Å². The molecule has 1 fully saturated rings. The Kier molecular flexibility index (Phi) is 6.65. The molecule has 108 valence electrons. The van der Waals surface area contributed by atoms with Crippen molar-refractivity contribution in [2.24, 2.45) is 11.3 Å². The van der Waals surface area contributed by atoms with Crippen LogP contribution in [0.2, 0.25) is 0 Å². The van der Waals surface area contributed by atoms with Crippen molar-refractivity contribution >= 4 is 0 Å². The number of nitrogens with zero attached hydrogens (tertiary/aromatic N) is 1. The maximum atomic E-state index is 3.61. The molecule has 1 aliphatic heterocycles. The van der Waals surface area contributed by atoms with E-state index >= 15 is 0 Å². The first-order chi connectivity index (χ1) is 8.50. The summed E-state index contributed by atoms with van der Waals surface area (Å²) in [4.78, 5) is 2.72. The van der Waals surface area contributed by atoms with Crippen LogP contribution in [0.4, 0.5) is 0 Å². The van der Waals surface area contributed by atoms with Crippen LogP contribution < -0.4 is 5.32 Å². The Balaban J connectivity index is 2.45. The fourth-order valence-corrected chi connectivity index (χ4v) is 3.04. The van der Waals surface area contributed by atoms with E-state index < -0.39 is 0 Å². The molecule has 3 unspecified atom stereocenters. The van der Waals surface area contributed by atoms with Gasteiger partial charge in [0.25, 0.3) is 0 Å². The summed E-state index contributed by atoms with van der Waals surface area (Å²) >= 11 is 0. The van der Waals surface area contributed by atoms with Crippen molar-refractivity contribution in [3.63, 3.8) is 0 Å². The van der Waals surface area contributed by atoms with Gasteiger partial charge in [-0.25, -0.2) is 0 Å². The average molecular weight is 254 g/mol. The Hall–Kier alpha value is -0.0800. The molecular weight excluding hydrogens is 220 g/mol. The van der Waals surface area contributed by atoms with Crippen LogP contribution in [0, 0.1) is 11.3 Å². The summed E-state index contributed by atoms with van der Waals surface area (Å²) in [5, 5.41) is 3.61. The van der Waals surface area contributed by atoms with Gasteiger partial charge in [-0.15, -0.1) is 0 Å². The molecule has 2 nitrogen and oxygen atoms in total. The molecule has 18 heavy (non-hydrogen) atoms. The lowest BCUT2D eigenvalue weighted by Crippen LogP contribution is -2.48. The summed E-state index contributed by atoms with van der Waals surface area (Å²) in [5.41, 5.74) is 0.435. The third-order valence-electron chi connectivity index (χ3n) is 4.69. The van der Waals surface area contributed by atoms with Crippen LogP contribution in [-0.2, 0) is 0 Å². The van der Waals surface area contributed by atoms with E-state index in [-0.39, 0.29) is 0 Å². The van der Waals surface area contributed by atoms with Gasteiger partial charge in [0.2, 0.25) is 0 Å². The van der Waals surface area contributed by atoms with Crippen LogP contribution in [0.15, 0.2) is 0 Å². The Bertz CT molecular complexity index is 229. The molecule has 1 aliphatic rings. The molecule has 0 aliphatic carbocycles. The first kappa shape index (κ1) is 16.0. The number of piperidine rings is 1. The van der Waals surface area contributed by atoms with Crippen molar-refractivity contribution < 1.29 is 0 Å². The molecule has 0 radical (unpaired) electrons. The van der Waals surface area contributed by atoms with E-state index in [2.05, 4.69) is 44.8 Å². The second kappa shape index (κ2) is 7.49. The Morgan fingerprint density at radius 2 is 2.00 bits per heavy atom. The number of likely N-dealkylation sites (tertiary alicyclic amines) is 1. The smallest absolute Gasteiger partial charge is 0.00697 e. The molecule has 0 amide bonds. The van der Waals surface area contributed by atoms with Gasteiger partial charge in [-0.3, -0.25) is 0 Å². The van der Waals surface area contributed by atoms with Crippen molar-refractivity contribution in [1.29, 1.82) is 0 Å². The van der Waals surface area contributed by atoms with Gasteiger partial charge in [0.15, 0.2) is 0 Å². The molecule has 0 spiro atoms.